The minimum Gasteiger partial charge on any atom is -0.396 e. The summed E-state index contributed by atoms with van der Waals surface area (Å²) in [4.78, 5) is 0. The molecule has 0 aromatic carbocycles. The molecule has 6 nitrogen and oxygen atoms in total. The van der Waals surface area contributed by atoms with E-state index in [4.69, 9.17) is 19.7 Å². The van der Waals surface area contributed by atoms with Crippen molar-refractivity contribution in [3.8, 4) is 0 Å². The molecule has 0 bridgehead atoms. The first kappa shape index (κ1) is 31.3. The zero-order chi connectivity index (χ0) is 23.5. The highest BCUT2D eigenvalue weighted by Crippen LogP contribution is 2.31. The van der Waals surface area contributed by atoms with Crippen molar-refractivity contribution < 1.29 is 24.8 Å². The molecule has 1 fully saturated rings. The van der Waals surface area contributed by atoms with Crippen LogP contribution in [0.5, 0.6) is 0 Å². The minimum absolute atomic E-state index is 0.0401. The molecule has 0 aliphatic carbocycles. The summed E-state index contributed by atoms with van der Waals surface area (Å²) in [7, 11) is 0. The lowest BCUT2D eigenvalue weighted by molar-refractivity contribution is -0.0980. The van der Waals surface area contributed by atoms with Gasteiger partial charge in [-0.2, -0.15) is 0 Å². The number of unbranched alkanes of at least 4 members (excludes halogenated alkanes) is 1. The molecular weight excluding hydrogens is 382 g/mol. The Balaban J connectivity index is 0. The maximum atomic E-state index is 10.8. The molecule has 180 valence electrons. The van der Waals surface area contributed by atoms with Gasteiger partial charge in [-0.1, -0.05) is 66.2 Å². The monoisotopic (exact) mass is 431 g/mol. The van der Waals surface area contributed by atoms with Gasteiger partial charge in [-0.25, -0.2) is 0 Å². The Labute approximate surface area is 185 Å². The number of hydrogen-bond acceptors (Lipinski definition) is 6. The molecule has 1 rings (SSSR count). The lowest BCUT2D eigenvalue weighted by atomic mass is 9.87. The summed E-state index contributed by atoms with van der Waals surface area (Å²) in [5, 5.41) is 31.0. The fourth-order valence-corrected chi connectivity index (χ4v) is 2.95. The van der Waals surface area contributed by atoms with Crippen LogP contribution < -0.4 is 5.32 Å². The Morgan fingerprint density at radius 2 is 1.83 bits per heavy atom. The Morgan fingerprint density at radius 3 is 2.27 bits per heavy atom. The second-order valence-corrected chi connectivity index (χ2v) is 7.34. The molecule has 6 heteroatoms. The predicted molar refractivity (Wildman–Crippen MR) is 125 cm³/mol. The molecule has 0 aromatic heterocycles. The Hall–Kier alpha value is -0.920. The summed E-state index contributed by atoms with van der Waals surface area (Å²) in [5.74, 6) is 0.301. The van der Waals surface area contributed by atoms with Crippen LogP contribution >= 0.6 is 0 Å². The fourth-order valence-electron chi connectivity index (χ4n) is 2.95. The number of rotatable bonds is 11. The first-order chi connectivity index (χ1) is 14.4. The molecule has 0 amide bonds. The molecule has 4 N–H and O–H groups in total. The predicted octanol–water partition coefficient (Wildman–Crippen LogP) is 4.50. The topological polar surface area (TPSA) is 91.2 Å². The molecule has 1 saturated heterocycles. The molecule has 1 aliphatic heterocycles. The molecule has 0 aromatic rings. The van der Waals surface area contributed by atoms with E-state index in [2.05, 4.69) is 25.7 Å². The van der Waals surface area contributed by atoms with Gasteiger partial charge >= 0.3 is 0 Å². The van der Waals surface area contributed by atoms with Gasteiger partial charge in [0.2, 0.25) is 0 Å². The maximum Gasteiger partial charge on any atom is 0.146 e. The molecule has 5 atom stereocenters. The largest absolute Gasteiger partial charge is 0.396 e. The van der Waals surface area contributed by atoms with Gasteiger partial charge in [-0.15, -0.1) is 0 Å². The van der Waals surface area contributed by atoms with Crippen molar-refractivity contribution >= 4 is 0 Å². The van der Waals surface area contributed by atoms with Crippen LogP contribution in [0, 0.1) is 5.92 Å². The van der Waals surface area contributed by atoms with Crippen LogP contribution in [-0.4, -0.2) is 53.3 Å². The van der Waals surface area contributed by atoms with Crippen LogP contribution in [0.4, 0.5) is 0 Å². The summed E-state index contributed by atoms with van der Waals surface area (Å²) in [6, 6.07) is 0. The number of aliphatic hydroxyl groups excluding tert-OH is 3. The summed E-state index contributed by atoms with van der Waals surface area (Å²) in [5.41, 5.74) is 1.81. The number of hydrogen-bond donors (Lipinski definition) is 4. The van der Waals surface area contributed by atoms with Crippen molar-refractivity contribution in [1.82, 2.24) is 5.32 Å². The van der Waals surface area contributed by atoms with E-state index in [-0.39, 0.29) is 25.2 Å². The summed E-state index contributed by atoms with van der Waals surface area (Å²) in [6.07, 6.45) is 5.73. The van der Waals surface area contributed by atoms with Gasteiger partial charge in [0.25, 0.3) is 0 Å². The van der Waals surface area contributed by atoms with E-state index >= 15 is 0 Å². The van der Waals surface area contributed by atoms with Crippen LogP contribution in [-0.2, 0) is 9.47 Å². The van der Waals surface area contributed by atoms with E-state index in [0.717, 1.165) is 37.7 Å². The lowest BCUT2D eigenvalue weighted by Crippen LogP contribution is -2.45. The molecule has 0 radical (unpaired) electrons. The standard InChI is InChI=1S/C19H35NO4.C3H8O.C2H6/c1-6-8-10-18(23-12-21)20-16(9-7-2)19(22)17-11-13(3)14(4)15(5)24-17;1-2-3-4;1-2/h9,14-15,17-22H,3,6-8,10-12H2,1-2,4-5H3;4H,2-3H2,1H3;1-2H3/b16-9+;;. The van der Waals surface area contributed by atoms with Crippen molar-refractivity contribution in [2.24, 2.45) is 5.92 Å². The highest BCUT2D eigenvalue weighted by Gasteiger charge is 2.34. The summed E-state index contributed by atoms with van der Waals surface area (Å²) < 4.78 is 11.4. The maximum absolute atomic E-state index is 10.8. The molecule has 1 heterocycles. The first-order valence-electron chi connectivity index (χ1n) is 11.7. The normalized spacial score (nSPS) is 23.5. The molecule has 0 spiro atoms. The summed E-state index contributed by atoms with van der Waals surface area (Å²) >= 11 is 0. The third-order valence-corrected chi connectivity index (χ3v) is 4.94. The summed E-state index contributed by atoms with van der Waals surface area (Å²) in [6.45, 7) is 18.3. The Morgan fingerprint density at radius 1 is 1.23 bits per heavy atom. The number of ether oxygens (including phenoxy) is 2. The smallest absolute Gasteiger partial charge is 0.146 e. The lowest BCUT2D eigenvalue weighted by Gasteiger charge is -2.38. The van der Waals surface area contributed by atoms with Crippen LogP contribution in [0.1, 0.15) is 87.0 Å². The highest BCUT2D eigenvalue weighted by molar-refractivity contribution is 5.14. The van der Waals surface area contributed by atoms with Crippen molar-refractivity contribution in [1.29, 1.82) is 0 Å². The molecule has 30 heavy (non-hydrogen) atoms. The number of nitrogens with one attached hydrogen (secondary N) is 1. The van der Waals surface area contributed by atoms with E-state index in [1.807, 2.05) is 40.7 Å². The van der Waals surface area contributed by atoms with Gasteiger partial charge in [0.1, 0.15) is 19.1 Å². The number of allylic oxidation sites excluding steroid dienone is 1. The number of aliphatic hydroxyl groups is 3. The first-order valence-corrected chi connectivity index (χ1v) is 11.7. The van der Waals surface area contributed by atoms with Gasteiger partial charge in [-0.3, -0.25) is 0 Å². The van der Waals surface area contributed by atoms with E-state index in [1.165, 1.54) is 0 Å². The van der Waals surface area contributed by atoms with E-state index < -0.39 is 6.10 Å². The quantitative estimate of drug-likeness (QED) is 0.284. The molecular formula is C24H49NO5. The van der Waals surface area contributed by atoms with Crippen molar-refractivity contribution in [2.75, 3.05) is 13.4 Å². The van der Waals surface area contributed by atoms with E-state index in [9.17, 15) is 5.11 Å². The Bertz CT molecular complexity index is 439. The molecule has 1 aliphatic rings. The average molecular weight is 432 g/mol. The second-order valence-electron chi connectivity index (χ2n) is 7.34. The second kappa shape index (κ2) is 20.0. The van der Waals surface area contributed by atoms with Crippen molar-refractivity contribution in [2.45, 2.75) is 112 Å². The van der Waals surface area contributed by atoms with E-state index in [0.29, 0.717) is 24.6 Å². The SMILES string of the molecule is C=C1CC(C(O)/C(=C\CC)NC(CCCC)OCO)OC(C)C1C.CC.CCCO. The van der Waals surface area contributed by atoms with Crippen molar-refractivity contribution in [3.05, 3.63) is 23.9 Å². The van der Waals surface area contributed by atoms with Gasteiger partial charge in [0.15, 0.2) is 0 Å². The van der Waals surface area contributed by atoms with Gasteiger partial charge < -0.3 is 30.1 Å². The van der Waals surface area contributed by atoms with Gasteiger partial charge in [-0.05, 0) is 39.0 Å². The van der Waals surface area contributed by atoms with Gasteiger partial charge in [0.05, 0.1) is 12.2 Å². The fraction of sp³-hybridized carbons (Fsp3) is 0.833. The van der Waals surface area contributed by atoms with Crippen LogP contribution in [0.15, 0.2) is 23.9 Å². The van der Waals surface area contributed by atoms with E-state index in [1.54, 1.807) is 0 Å². The van der Waals surface area contributed by atoms with Crippen LogP contribution in [0.25, 0.3) is 0 Å². The zero-order valence-corrected chi connectivity index (χ0v) is 20.5. The average Bonchev–Trinajstić information content (AvgIpc) is 2.76. The zero-order valence-electron chi connectivity index (χ0n) is 20.5. The van der Waals surface area contributed by atoms with Gasteiger partial charge in [0, 0.05) is 18.2 Å². The third kappa shape index (κ3) is 12.7. The van der Waals surface area contributed by atoms with Crippen LogP contribution in [0.2, 0.25) is 0 Å². The minimum atomic E-state index is -0.761. The van der Waals surface area contributed by atoms with Crippen LogP contribution in [0.3, 0.4) is 0 Å². The molecule has 5 unspecified atom stereocenters. The Kier molecular flexibility index (Phi) is 20.9. The van der Waals surface area contributed by atoms with Crippen molar-refractivity contribution in [3.63, 3.8) is 0 Å². The third-order valence-electron chi connectivity index (χ3n) is 4.94. The molecule has 0 saturated carbocycles. The highest BCUT2D eigenvalue weighted by atomic mass is 16.6.